The van der Waals surface area contributed by atoms with Crippen LogP contribution >= 0.6 is 11.6 Å². The lowest BCUT2D eigenvalue weighted by Crippen LogP contribution is -2.30. The van der Waals surface area contributed by atoms with Gasteiger partial charge >= 0.3 is 0 Å². The number of rotatable bonds is 4. The molecular weight excluding hydrogens is 318 g/mol. The van der Waals surface area contributed by atoms with Crippen LogP contribution in [0.2, 0.25) is 5.02 Å². The molecule has 1 N–H and O–H groups in total. The van der Waals surface area contributed by atoms with E-state index in [1.807, 2.05) is 24.3 Å². The number of aromatic nitrogens is 2. The van der Waals surface area contributed by atoms with Crippen LogP contribution < -0.4 is 0 Å². The molecule has 6 nitrogen and oxygen atoms in total. The highest BCUT2D eigenvalue weighted by molar-refractivity contribution is 6.30. The summed E-state index contributed by atoms with van der Waals surface area (Å²) in [4.78, 5) is 14.2. The molecule has 0 saturated carbocycles. The van der Waals surface area contributed by atoms with Gasteiger partial charge in [-0.25, -0.2) is 0 Å². The fourth-order valence-corrected chi connectivity index (χ4v) is 3.12. The zero-order chi connectivity index (χ0) is 16.4. The summed E-state index contributed by atoms with van der Waals surface area (Å²) in [5.74, 6) is 0.822. The van der Waals surface area contributed by atoms with Gasteiger partial charge in [0.2, 0.25) is 17.7 Å². The molecule has 0 spiro atoms. The molecule has 2 atom stereocenters. The van der Waals surface area contributed by atoms with E-state index in [2.05, 4.69) is 10.2 Å². The van der Waals surface area contributed by atoms with Crippen molar-refractivity contribution in [1.29, 1.82) is 0 Å². The molecule has 2 heterocycles. The Kier molecular flexibility index (Phi) is 4.63. The van der Waals surface area contributed by atoms with E-state index in [0.717, 1.165) is 5.56 Å². The van der Waals surface area contributed by atoms with Crippen molar-refractivity contribution in [2.24, 2.45) is 5.92 Å². The Balaban J connectivity index is 1.70. The van der Waals surface area contributed by atoms with Crippen LogP contribution in [-0.4, -0.2) is 45.8 Å². The Morgan fingerprint density at radius 1 is 1.35 bits per heavy atom. The van der Waals surface area contributed by atoms with E-state index in [-0.39, 0.29) is 30.8 Å². The molecule has 0 aliphatic carbocycles. The van der Waals surface area contributed by atoms with E-state index in [0.29, 0.717) is 29.9 Å². The Morgan fingerprint density at radius 3 is 2.70 bits per heavy atom. The average Bonchev–Trinajstić information content (AvgIpc) is 3.14. The van der Waals surface area contributed by atoms with Gasteiger partial charge in [0.25, 0.3) is 0 Å². The number of nitrogens with zero attached hydrogens (tertiary/aromatic N) is 3. The molecule has 122 valence electrons. The lowest BCUT2D eigenvalue weighted by atomic mass is 9.90. The predicted molar refractivity (Wildman–Crippen MR) is 84.1 cm³/mol. The van der Waals surface area contributed by atoms with E-state index >= 15 is 0 Å². The molecule has 1 aromatic carbocycles. The fourth-order valence-electron chi connectivity index (χ4n) is 3.00. The second-order valence-electron chi connectivity index (χ2n) is 5.79. The Bertz CT molecular complexity index is 686. The molecule has 0 unspecified atom stereocenters. The van der Waals surface area contributed by atoms with E-state index in [4.69, 9.17) is 16.0 Å². The maximum absolute atomic E-state index is 12.4. The lowest BCUT2D eigenvalue weighted by molar-refractivity contribution is -0.130. The number of aryl methyl sites for hydroxylation is 1. The number of hydrogen-bond acceptors (Lipinski definition) is 5. The number of benzene rings is 1. The molecular formula is C16H18ClN3O3. The fraction of sp³-hybridized carbons (Fsp3) is 0.438. The first kappa shape index (κ1) is 16.0. The molecule has 1 fully saturated rings. The predicted octanol–water partition coefficient (Wildman–Crippen LogP) is 1.81. The number of amides is 1. The number of halogens is 1. The van der Waals surface area contributed by atoms with Crippen molar-refractivity contribution < 1.29 is 14.3 Å². The first-order chi connectivity index (χ1) is 11.1. The highest BCUT2D eigenvalue weighted by Crippen LogP contribution is 2.33. The monoisotopic (exact) mass is 335 g/mol. The van der Waals surface area contributed by atoms with Crippen molar-refractivity contribution in [3.8, 4) is 0 Å². The van der Waals surface area contributed by atoms with Gasteiger partial charge in [0, 0.05) is 43.5 Å². The molecule has 0 radical (unpaired) electrons. The highest BCUT2D eigenvalue weighted by atomic mass is 35.5. The maximum Gasteiger partial charge on any atom is 0.232 e. The molecule has 1 saturated heterocycles. The van der Waals surface area contributed by atoms with Crippen molar-refractivity contribution in [2.75, 3.05) is 19.7 Å². The first-order valence-electron chi connectivity index (χ1n) is 7.50. The summed E-state index contributed by atoms with van der Waals surface area (Å²) in [6.07, 6.45) is 0.0896. The Labute approximate surface area is 139 Å². The quantitative estimate of drug-likeness (QED) is 0.921. The van der Waals surface area contributed by atoms with Crippen LogP contribution in [0.1, 0.15) is 23.3 Å². The maximum atomic E-state index is 12.4. The summed E-state index contributed by atoms with van der Waals surface area (Å²) in [5, 5.41) is 17.9. The third-order valence-corrected chi connectivity index (χ3v) is 4.45. The van der Waals surface area contributed by atoms with Crippen LogP contribution in [0.4, 0.5) is 0 Å². The third-order valence-electron chi connectivity index (χ3n) is 4.20. The van der Waals surface area contributed by atoms with Crippen molar-refractivity contribution in [3.05, 3.63) is 46.6 Å². The molecule has 23 heavy (non-hydrogen) atoms. The van der Waals surface area contributed by atoms with Crippen LogP contribution in [-0.2, 0) is 11.2 Å². The standard InChI is InChI=1S/C16H18ClN3O3/c1-10-18-19-15(23-10)6-16(22)20-7-12(9-21)14(8-20)11-2-4-13(17)5-3-11/h2-5,12,14,21H,6-9H2,1H3/t12-,14-/m0/s1. The molecule has 1 amide bonds. The molecule has 1 aliphatic heterocycles. The second kappa shape index (κ2) is 6.68. The molecule has 2 aromatic rings. The number of carbonyl (C=O) groups is 1. The minimum Gasteiger partial charge on any atom is -0.425 e. The van der Waals surface area contributed by atoms with Gasteiger partial charge in [-0.05, 0) is 17.7 Å². The van der Waals surface area contributed by atoms with Crippen LogP contribution in [0, 0.1) is 12.8 Å². The number of carbonyl (C=O) groups excluding carboxylic acids is 1. The van der Waals surface area contributed by atoms with Crippen molar-refractivity contribution in [1.82, 2.24) is 15.1 Å². The van der Waals surface area contributed by atoms with Crippen molar-refractivity contribution in [3.63, 3.8) is 0 Å². The topological polar surface area (TPSA) is 79.5 Å². The molecule has 1 aromatic heterocycles. The van der Waals surface area contributed by atoms with Crippen LogP contribution in [0.5, 0.6) is 0 Å². The van der Waals surface area contributed by atoms with E-state index in [1.165, 1.54) is 0 Å². The summed E-state index contributed by atoms with van der Waals surface area (Å²) in [6, 6.07) is 7.56. The lowest BCUT2D eigenvalue weighted by Gasteiger charge is -2.16. The summed E-state index contributed by atoms with van der Waals surface area (Å²) in [7, 11) is 0. The van der Waals surface area contributed by atoms with E-state index < -0.39 is 0 Å². The Morgan fingerprint density at radius 2 is 2.09 bits per heavy atom. The Hall–Kier alpha value is -1.92. The zero-order valence-corrected chi connectivity index (χ0v) is 13.5. The van der Waals surface area contributed by atoms with Crippen molar-refractivity contribution in [2.45, 2.75) is 19.3 Å². The SMILES string of the molecule is Cc1nnc(CC(=O)N2C[C@@H](CO)[C@H](c3ccc(Cl)cc3)C2)o1. The minimum absolute atomic E-state index is 0.0181. The molecule has 7 heteroatoms. The van der Waals surface area contributed by atoms with Gasteiger partial charge < -0.3 is 14.4 Å². The second-order valence-corrected chi connectivity index (χ2v) is 6.23. The summed E-state index contributed by atoms with van der Waals surface area (Å²) in [5.41, 5.74) is 1.08. The zero-order valence-electron chi connectivity index (χ0n) is 12.8. The third kappa shape index (κ3) is 3.54. The summed E-state index contributed by atoms with van der Waals surface area (Å²) in [6.45, 7) is 2.82. The van der Waals surface area contributed by atoms with Gasteiger partial charge in [0.1, 0.15) is 6.42 Å². The van der Waals surface area contributed by atoms with Gasteiger partial charge in [-0.2, -0.15) is 0 Å². The highest BCUT2D eigenvalue weighted by Gasteiger charge is 2.36. The van der Waals surface area contributed by atoms with E-state index in [9.17, 15) is 9.90 Å². The molecule has 1 aliphatic rings. The molecule has 0 bridgehead atoms. The van der Waals surface area contributed by atoms with Crippen molar-refractivity contribution >= 4 is 17.5 Å². The van der Waals surface area contributed by atoms with Gasteiger partial charge in [0.05, 0.1) is 0 Å². The van der Waals surface area contributed by atoms with Gasteiger partial charge in [-0.1, -0.05) is 23.7 Å². The smallest absolute Gasteiger partial charge is 0.232 e. The number of aliphatic hydroxyl groups is 1. The summed E-state index contributed by atoms with van der Waals surface area (Å²) >= 11 is 5.92. The van der Waals surface area contributed by atoms with Gasteiger partial charge in [-0.15, -0.1) is 10.2 Å². The van der Waals surface area contributed by atoms with Gasteiger partial charge in [-0.3, -0.25) is 4.79 Å². The van der Waals surface area contributed by atoms with Crippen LogP contribution in [0.3, 0.4) is 0 Å². The van der Waals surface area contributed by atoms with Crippen LogP contribution in [0.25, 0.3) is 0 Å². The molecule has 3 rings (SSSR count). The minimum atomic E-state index is -0.0661. The van der Waals surface area contributed by atoms with E-state index in [1.54, 1.807) is 11.8 Å². The van der Waals surface area contributed by atoms with Crippen LogP contribution in [0.15, 0.2) is 28.7 Å². The number of aliphatic hydroxyl groups excluding tert-OH is 1. The number of likely N-dealkylation sites (tertiary alicyclic amines) is 1. The van der Waals surface area contributed by atoms with Gasteiger partial charge in [0.15, 0.2) is 0 Å². The number of hydrogen-bond donors (Lipinski definition) is 1. The average molecular weight is 336 g/mol. The largest absolute Gasteiger partial charge is 0.425 e. The normalized spacial score (nSPS) is 20.9. The first-order valence-corrected chi connectivity index (χ1v) is 7.87. The summed E-state index contributed by atoms with van der Waals surface area (Å²) < 4.78 is 5.26.